The average molecular weight is 284 g/mol. The third-order valence-electron chi connectivity index (χ3n) is 4.27. The molecule has 0 radical (unpaired) electrons. The van der Waals surface area contributed by atoms with Gasteiger partial charge in [0.2, 0.25) is 0 Å². The minimum absolute atomic E-state index is 0.137. The minimum atomic E-state index is 0.137. The van der Waals surface area contributed by atoms with Crippen LogP contribution in [0.25, 0.3) is 0 Å². The fourth-order valence-electron chi connectivity index (χ4n) is 2.95. The Hall–Kier alpha value is -1.34. The van der Waals surface area contributed by atoms with Gasteiger partial charge in [-0.3, -0.25) is 9.80 Å². The van der Waals surface area contributed by atoms with Crippen LogP contribution in [-0.4, -0.2) is 53.7 Å². The molecule has 1 aromatic rings. The summed E-state index contributed by atoms with van der Waals surface area (Å²) in [4.78, 5) is 5.19. The molecule has 2 aliphatic rings. The Balaban J connectivity index is 1.53. The highest BCUT2D eigenvalue weighted by Gasteiger charge is 2.30. The first-order valence-electron chi connectivity index (χ1n) is 8.00. The summed E-state index contributed by atoms with van der Waals surface area (Å²) in [6.45, 7) is 5.96. The van der Waals surface area contributed by atoms with Crippen LogP contribution in [-0.2, 0) is 6.54 Å². The molecule has 3 rings (SSSR count). The van der Waals surface area contributed by atoms with Crippen molar-refractivity contribution < 1.29 is 5.11 Å². The van der Waals surface area contributed by atoms with Crippen LogP contribution in [0.3, 0.4) is 0 Å². The average Bonchev–Trinajstić information content (AvgIpc) is 3.34. The van der Waals surface area contributed by atoms with Crippen molar-refractivity contribution in [3.05, 3.63) is 35.4 Å². The third-order valence-corrected chi connectivity index (χ3v) is 4.27. The summed E-state index contributed by atoms with van der Waals surface area (Å²) < 4.78 is 0. The summed E-state index contributed by atoms with van der Waals surface area (Å²) in [5, 5.41) is 8.77. The van der Waals surface area contributed by atoms with E-state index in [1.54, 1.807) is 0 Å². The van der Waals surface area contributed by atoms with Crippen LogP contribution in [0.1, 0.15) is 30.4 Å². The molecule has 1 heterocycles. The van der Waals surface area contributed by atoms with Crippen molar-refractivity contribution in [2.24, 2.45) is 0 Å². The van der Waals surface area contributed by atoms with Crippen molar-refractivity contribution in [3.8, 4) is 11.8 Å². The molecule has 0 spiro atoms. The van der Waals surface area contributed by atoms with Gasteiger partial charge in [-0.15, -0.1) is 0 Å². The summed E-state index contributed by atoms with van der Waals surface area (Å²) in [6.07, 6.45) is 3.37. The van der Waals surface area contributed by atoms with Gasteiger partial charge in [-0.1, -0.05) is 24.0 Å². The third kappa shape index (κ3) is 4.31. The SMILES string of the molecule is OCCC#Cc1cccc(CN2CCN(C3CC3)CC2)c1. The molecular formula is C18H24N2O. The van der Waals surface area contributed by atoms with Crippen LogP contribution in [0.5, 0.6) is 0 Å². The molecular weight excluding hydrogens is 260 g/mol. The molecule has 1 N–H and O–H groups in total. The first kappa shape index (κ1) is 14.6. The first-order chi connectivity index (χ1) is 10.3. The van der Waals surface area contributed by atoms with Crippen LogP contribution < -0.4 is 0 Å². The van der Waals surface area contributed by atoms with Crippen molar-refractivity contribution in [1.82, 2.24) is 9.80 Å². The summed E-state index contributed by atoms with van der Waals surface area (Å²) >= 11 is 0. The molecule has 2 fully saturated rings. The number of aliphatic hydroxyl groups excluding tert-OH is 1. The Labute approximate surface area is 127 Å². The van der Waals surface area contributed by atoms with Gasteiger partial charge in [0.15, 0.2) is 0 Å². The maximum absolute atomic E-state index is 8.77. The highest BCUT2D eigenvalue weighted by atomic mass is 16.2. The van der Waals surface area contributed by atoms with E-state index < -0.39 is 0 Å². The van der Waals surface area contributed by atoms with Gasteiger partial charge in [-0.25, -0.2) is 0 Å². The normalized spacial score (nSPS) is 20.0. The second kappa shape index (κ2) is 7.09. The summed E-state index contributed by atoms with van der Waals surface area (Å²) in [6, 6.07) is 9.39. The Morgan fingerprint density at radius 3 is 2.67 bits per heavy atom. The van der Waals surface area contributed by atoms with Crippen molar-refractivity contribution in [1.29, 1.82) is 0 Å². The Morgan fingerprint density at radius 2 is 1.95 bits per heavy atom. The smallest absolute Gasteiger partial charge is 0.0540 e. The molecule has 0 amide bonds. The van der Waals surface area contributed by atoms with Crippen molar-refractivity contribution in [3.63, 3.8) is 0 Å². The molecule has 0 bridgehead atoms. The summed E-state index contributed by atoms with van der Waals surface area (Å²) in [5.74, 6) is 6.10. The molecule has 21 heavy (non-hydrogen) atoms. The lowest BCUT2D eigenvalue weighted by Crippen LogP contribution is -2.46. The van der Waals surface area contributed by atoms with E-state index in [1.165, 1.54) is 44.6 Å². The molecule has 3 nitrogen and oxygen atoms in total. The van der Waals surface area contributed by atoms with E-state index in [-0.39, 0.29) is 6.61 Å². The predicted octanol–water partition coefficient (Wildman–Crippen LogP) is 1.70. The lowest BCUT2D eigenvalue weighted by molar-refractivity contribution is 0.121. The molecule has 1 aliphatic carbocycles. The molecule has 1 saturated heterocycles. The quantitative estimate of drug-likeness (QED) is 0.853. The minimum Gasteiger partial charge on any atom is -0.395 e. The molecule has 1 aliphatic heterocycles. The molecule has 0 atom stereocenters. The second-order valence-corrected chi connectivity index (χ2v) is 6.02. The highest BCUT2D eigenvalue weighted by Crippen LogP contribution is 2.27. The van der Waals surface area contributed by atoms with Gasteiger partial charge >= 0.3 is 0 Å². The largest absolute Gasteiger partial charge is 0.395 e. The summed E-state index contributed by atoms with van der Waals surface area (Å²) in [7, 11) is 0. The van der Waals surface area contributed by atoms with Gasteiger partial charge in [0, 0.05) is 50.7 Å². The lowest BCUT2D eigenvalue weighted by Gasteiger charge is -2.34. The van der Waals surface area contributed by atoms with E-state index in [0.717, 1.165) is 18.2 Å². The van der Waals surface area contributed by atoms with Crippen molar-refractivity contribution >= 4 is 0 Å². The lowest BCUT2D eigenvalue weighted by atomic mass is 10.1. The number of hydrogen-bond donors (Lipinski definition) is 1. The maximum atomic E-state index is 8.77. The Kier molecular flexibility index (Phi) is 4.92. The van der Waals surface area contributed by atoms with Gasteiger partial charge in [0.1, 0.15) is 0 Å². The fourth-order valence-corrected chi connectivity index (χ4v) is 2.95. The zero-order valence-corrected chi connectivity index (χ0v) is 12.6. The van der Waals surface area contributed by atoms with Crippen LogP contribution in [0.2, 0.25) is 0 Å². The zero-order valence-electron chi connectivity index (χ0n) is 12.6. The van der Waals surface area contributed by atoms with Crippen LogP contribution >= 0.6 is 0 Å². The molecule has 3 heteroatoms. The van der Waals surface area contributed by atoms with Crippen LogP contribution in [0.15, 0.2) is 24.3 Å². The summed E-state index contributed by atoms with van der Waals surface area (Å²) in [5.41, 5.74) is 2.39. The standard InChI is InChI=1S/C18H24N2O/c21-13-2-1-4-16-5-3-6-17(14-16)15-19-9-11-20(12-10-19)18-7-8-18/h3,5-6,14,18,21H,2,7-13,15H2. The van der Waals surface area contributed by atoms with E-state index in [0.29, 0.717) is 6.42 Å². The molecule has 112 valence electrons. The van der Waals surface area contributed by atoms with E-state index in [4.69, 9.17) is 5.11 Å². The molecule has 0 aromatic heterocycles. The van der Waals surface area contributed by atoms with Crippen molar-refractivity contribution in [2.45, 2.75) is 31.8 Å². The maximum Gasteiger partial charge on any atom is 0.0540 e. The van der Waals surface area contributed by atoms with Gasteiger partial charge < -0.3 is 5.11 Å². The predicted molar refractivity (Wildman–Crippen MR) is 84.9 cm³/mol. The fraction of sp³-hybridized carbons (Fsp3) is 0.556. The first-order valence-corrected chi connectivity index (χ1v) is 8.00. The number of benzene rings is 1. The van der Waals surface area contributed by atoms with E-state index >= 15 is 0 Å². The molecule has 1 aromatic carbocycles. The number of aliphatic hydroxyl groups is 1. The second-order valence-electron chi connectivity index (χ2n) is 6.02. The van der Waals surface area contributed by atoms with Gasteiger partial charge in [0.25, 0.3) is 0 Å². The van der Waals surface area contributed by atoms with Crippen LogP contribution in [0, 0.1) is 11.8 Å². The molecule has 1 saturated carbocycles. The van der Waals surface area contributed by atoms with Gasteiger partial charge in [-0.2, -0.15) is 0 Å². The van der Waals surface area contributed by atoms with Crippen LogP contribution in [0.4, 0.5) is 0 Å². The number of rotatable bonds is 4. The molecule has 0 unspecified atom stereocenters. The van der Waals surface area contributed by atoms with Gasteiger partial charge in [0.05, 0.1) is 6.61 Å². The topological polar surface area (TPSA) is 26.7 Å². The highest BCUT2D eigenvalue weighted by molar-refractivity contribution is 5.37. The van der Waals surface area contributed by atoms with E-state index in [1.807, 2.05) is 6.07 Å². The van der Waals surface area contributed by atoms with E-state index in [2.05, 4.69) is 39.8 Å². The Morgan fingerprint density at radius 1 is 1.14 bits per heavy atom. The van der Waals surface area contributed by atoms with Gasteiger partial charge in [-0.05, 0) is 30.5 Å². The van der Waals surface area contributed by atoms with E-state index in [9.17, 15) is 0 Å². The zero-order chi connectivity index (χ0) is 14.5. The number of piperazine rings is 1. The Bertz CT molecular complexity index is 520. The monoisotopic (exact) mass is 284 g/mol. The number of hydrogen-bond acceptors (Lipinski definition) is 3. The number of nitrogens with zero attached hydrogens (tertiary/aromatic N) is 2. The van der Waals surface area contributed by atoms with Crippen molar-refractivity contribution in [2.75, 3.05) is 32.8 Å².